The maximum Gasteiger partial charge on any atom is 0.358 e. The number of hydrogen-bond acceptors (Lipinski definition) is 5. The van der Waals surface area contributed by atoms with E-state index in [1.807, 2.05) is 0 Å². The van der Waals surface area contributed by atoms with Crippen LogP contribution in [0.15, 0.2) is 6.07 Å². The molecule has 6 heteroatoms. The van der Waals surface area contributed by atoms with Gasteiger partial charge in [-0.15, -0.1) is 0 Å². The fourth-order valence-corrected chi connectivity index (χ4v) is 1.25. The Bertz CT molecular complexity index is 396. The Labute approximate surface area is 79.4 Å². The molecule has 2 heterocycles. The minimum absolute atomic E-state index is 0.126. The number of esters is 2. The summed E-state index contributed by atoms with van der Waals surface area (Å²) in [6.07, 6.45) is 0. The molecule has 0 aliphatic carbocycles. The molecule has 0 N–H and O–H groups in total. The Balaban J connectivity index is 2.40. The van der Waals surface area contributed by atoms with Crippen molar-refractivity contribution < 1.29 is 19.1 Å². The molecular weight excluding hydrogens is 188 g/mol. The molecule has 0 bridgehead atoms. The molecule has 1 aromatic rings. The molecule has 0 radical (unpaired) electrons. The third-order valence-corrected chi connectivity index (χ3v) is 1.92. The topological polar surface area (TPSA) is 70.4 Å². The van der Waals surface area contributed by atoms with Crippen molar-refractivity contribution in [3.8, 4) is 0 Å². The number of cyclic esters (lactones) is 1. The number of rotatable bonds is 1. The molecule has 0 saturated carbocycles. The van der Waals surface area contributed by atoms with Crippen LogP contribution in [0.2, 0.25) is 0 Å². The first-order valence-corrected chi connectivity index (χ1v) is 4.05. The third kappa shape index (κ3) is 1.24. The largest absolute Gasteiger partial charge is 0.464 e. The summed E-state index contributed by atoms with van der Waals surface area (Å²) in [5.74, 6) is -1.02. The molecular formula is C8H8N2O4. The molecule has 0 saturated heterocycles. The third-order valence-electron chi connectivity index (χ3n) is 1.92. The summed E-state index contributed by atoms with van der Waals surface area (Å²) in [7, 11) is 1.26. The van der Waals surface area contributed by atoms with Crippen molar-refractivity contribution >= 4 is 11.9 Å². The van der Waals surface area contributed by atoms with E-state index in [9.17, 15) is 9.59 Å². The first-order chi connectivity index (χ1) is 6.72. The standard InChI is InChI=1S/C8H8N2O4/c1-13-7(11)5-4-6-8(12)14-3-2-10(6)9-5/h4H,2-3H2,1H3. The van der Waals surface area contributed by atoms with Crippen LogP contribution in [0.5, 0.6) is 0 Å². The lowest BCUT2D eigenvalue weighted by Gasteiger charge is -2.12. The second-order valence-corrected chi connectivity index (χ2v) is 2.77. The van der Waals surface area contributed by atoms with Crippen molar-refractivity contribution in [2.24, 2.45) is 0 Å². The smallest absolute Gasteiger partial charge is 0.358 e. The first-order valence-electron chi connectivity index (χ1n) is 4.05. The van der Waals surface area contributed by atoms with Crippen LogP contribution in [0.25, 0.3) is 0 Å². The van der Waals surface area contributed by atoms with Crippen LogP contribution in [-0.2, 0) is 16.0 Å². The number of carbonyl (C=O) groups is 2. The van der Waals surface area contributed by atoms with Crippen molar-refractivity contribution in [2.45, 2.75) is 6.54 Å². The molecule has 0 spiro atoms. The van der Waals surface area contributed by atoms with Crippen molar-refractivity contribution in [3.63, 3.8) is 0 Å². The number of fused-ring (bicyclic) bond motifs is 1. The fraction of sp³-hybridized carbons (Fsp3) is 0.375. The van der Waals surface area contributed by atoms with E-state index >= 15 is 0 Å². The average molecular weight is 196 g/mol. The van der Waals surface area contributed by atoms with Crippen LogP contribution in [0.3, 0.4) is 0 Å². The van der Waals surface area contributed by atoms with Gasteiger partial charge in [-0.2, -0.15) is 5.10 Å². The van der Waals surface area contributed by atoms with Gasteiger partial charge >= 0.3 is 11.9 Å². The van der Waals surface area contributed by atoms with E-state index in [0.717, 1.165) is 0 Å². The van der Waals surface area contributed by atoms with Gasteiger partial charge in [0.1, 0.15) is 12.3 Å². The second-order valence-electron chi connectivity index (χ2n) is 2.77. The minimum Gasteiger partial charge on any atom is -0.464 e. The Kier molecular flexibility index (Phi) is 1.95. The van der Waals surface area contributed by atoms with Crippen molar-refractivity contribution in [1.82, 2.24) is 9.78 Å². The summed E-state index contributed by atoms with van der Waals surface area (Å²) in [5, 5.41) is 3.91. The highest BCUT2D eigenvalue weighted by molar-refractivity contribution is 5.93. The average Bonchev–Trinajstić information content (AvgIpc) is 2.62. The zero-order valence-corrected chi connectivity index (χ0v) is 7.52. The van der Waals surface area contributed by atoms with Crippen molar-refractivity contribution in [1.29, 1.82) is 0 Å². The quantitative estimate of drug-likeness (QED) is 0.583. The highest BCUT2D eigenvalue weighted by Crippen LogP contribution is 2.11. The normalized spacial score (nSPS) is 14.5. The number of hydrogen-bond donors (Lipinski definition) is 0. The zero-order valence-electron chi connectivity index (χ0n) is 7.52. The summed E-state index contributed by atoms with van der Waals surface area (Å²) in [6.45, 7) is 0.756. The van der Waals surface area contributed by atoms with Crippen molar-refractivity contribution in [2.75, 3.05) is 13.7 Å². The predicted molar refractivity (Wildman–Crippen MR) is 43.8 cm³/mol. The molecule has 0 aromatic carbocycles. The fourth-order valence-electron chi connectivity index (χ4n) is 1.25. The van der Waals surface area contributed by atoms with Gasteiger partial charge in [0.05, 0.1) is 13.7 Å². The summed E-state index contributed by atoms with van der Waals surface area (Å²) in [5.41, 5.74) is 0.415. The molecule has 14 heavy (non-hydrogen) atoms. The monoisotopic (exact) mass is 196 g/mol. The molecule has 74 valence electrons. The van der Waals surface area contributed by atoms with E-state index in [2.05, 4.69) is 9.84 Å². The maximum atomic E-state index is 11.2. The van der Waals surface area contributed by atoms with Crippen LogP contribution < -0.4 is 0 Å². The molecule has 1 aliphatic heterocycles. The zero-order chi connectivity index (χ0) is 10.1. The van der Waals surface area contributed by atoms with Crippen LogP contribution in [0.1, 0.15) is 21.0 Å². The Morgan fingerprint density at radius 3 is 3.14 bits per heavy atom. The molecule has 0 unspecified atom stereocenters. The second kappa shape index (κ2) is 3.13. The predicted octanol–water partition coefficient (Wildman–Crippen LogP) is -0.160. The van der Waals surface area contributed by atoms with Gasteiger partial charge in [-0.1, -0.05) is 0 Å². The lowest BCUT2D eigenvalue weighted by molar-refractivity contribution is 0.0409. The molecule has 2 rings (SSSR count). The van der Waals surface area contributed by atoms with Crippen molar-refractivity contribution in [3.05, 3.63) is 17.5 Å². The Morgan fingerprint density at radius 2 is 2.50 bits per heavy atom. The van der Waals surface area contributed by atoms with Gasteiger partial charge in [0.15, 0.2) is 5.69 Å². The first kappa shape index (κ1) is 8.74. The number of nitrogens with zero attached hydrogens (tertiary/aromatic N) is 2. The number of ether oxygens (including phenoxy) is 2. The molecule has 6 nitrogen and oxygen atoms in total. The van der Waals surface area contributed by atoms with E-state index in [0.29, 0.717) is 6.54 Å². The van der Waals surface area contributed by atoms with Crippen LogP contribution in [-0.4, -0.2) is 35.4 Å². The highest BCUT2D eigenvalue weighted by Gasteiger charge is 2.23. The van der Waals surface area contributed by atoms with Gasteiger partial charge in [0, 0.05) is 6.07 Å². The Morgan fingerprint density at radius 1 is 1.71 bits per heavy atom. The van der Waals surface area contributed by atoms with Crippen LogP contribution in [0.4, 0.5) is 0 Å². The molecule has 0 amide bonds. The molecule has 0 fully saturated rings. The van der Waals surface area contributed by atoms with Gasteiger partial charge in [0.2, 0.25) is 0 Å². The molecule has 1 aromatic heterocycles. The molecule has 0 atom stereocenters. The summed E-state index contributed by atoms with van der Waals surface area (Å²) < 4.78 is 10.7. The lowest BCUT2D eigenvalue weighted by atomic mass is 10.3. The van der Waals surface area contributed by atoms with Gasteiger partial charge in [0.25, 0.3) is 0 Å². The maximum absolute atomic E-state index is 11.2. The highest BCUT2D eigenvalue weighted by atomic mass is 16.5. The van der Waals surface area contributed by atoms with E-state index in [1.54, 1.807) is 0 Å². The van der Waals surface area contributed by atoms with E-state index in [4.69, 9.17) is 4.74 Å². The summed E-state index contributed by atoms with van der Waals surface area (Å²) in [4.78, 5) is 22.3. The van der Waals surface area contributed by atoms with Crippen LogP contribution in [0, 0.1) is 0 Å². The number of carbonyl (C=O) groups excluding carboxylic acids is 2. The van der Waals surface area contributed by atoms with E-state index in [-0.39, 0.29) is 18.0 Å². The molecule has 1 aliphatic rings. The Hall–Kier alpha value is -1.85. The van der Waals surface area contributed by atoms with E-state index in [1.165, 1.54) is 17.9 Å². The van der Waals surface area contributed by atoms with Gasteiger partial charge in [-0.25, -0.2) is 9.59 Å². The number of aromatic nitrogens is 2. The number of methoxy groups -OCH3 is 1. The lowest BCUT2D eigenvalue weighted by Crippen LogP contribution is -2.23. The summed E-state index contributed by atoms with van der Waals surface area (Å²) in [6, 6.07) is 1.37. The SMILES string of the molecule is COC(=O)c1cc2n(n1)CCOC2=O. The van der Waals surface area contributed by atoms with Crippen LogP contribution >= 0.6 is 0 Å². The summed E-state index contributed by atoms with van der Waals surface area (Å²) >= 11 is 0. The van der Waals surface area contributed by atoms with Gasteiger partial charge < -0.3 is 9.47 Å². The minimum atomic E-state index is -0.556. The van der Waals surface area contributed by atoms with Gasteiger partial charge in [-0.3, -0.25) is 4.68 Å². The van der Waals surface area contributed by atoms with Gasteiger partial charge in [-0.05, 0) is 0 Å². The van der Waals surface area contributed by atoms with E-state index < -0.39 is 11.9 Å².